The van der Waals surface area contributed by atoms with Gasteiger partial charge in [-0.2, -0.15) is 5.10 Å². The molecule has 2 amide bonds. The fourth-order valence-corrected chi connectivity index (χ4v) is 2.75. The zero-order valence-electron chi connectivity index (χ0n) is 12.6. The van der Waals surface area contributed by atoms with Crippen molar-refractivity contribution >= 4 is 28.4 Å². The van der Waals surface area contributed by atoms with Crippen LogP contribution in [-0.4, -0.2) is 28.6 Å². The summed E-state index contributed by atoms with van der Waals surface area (Å²) in [6.07, 6.45) is 2.27. The first kappa shape index (κ1) is 14.3. The highest BCUT2D eigenvalue weighted by atomic mass is 16.2. The van der Waals surface area contributed by atoms with Crippen molar-refractivity contribution < 1.29 is 9.59 Å². The predicted octanol–water partition coefficient (Wildman–Crippen LogP) is 0.959. The zero-order chi connectivity index (χ0) is 15.7. The number of fused-ring (bicyclic) bond motifs is 1. The van der Waals surface area contributed by atoms with Crippen LogP contribution in [0.4, 0.5) is 0 Å². The lowest BCUT2D eigenvalue weighted by atomic mass is 10.0. The van der Waals surface area contributed by atoms with Crippen molar-refractivity contribution in [2.45, 2.75) is 13.3 Å². The standard InChI is InChI=1S/C16H18N4O2/c1-10-13(16(22)19-18-10)8-17-15(21)7-11-9-20(2)14-6-4-3-5-12(11)14/h3-6,9,13H,7-8H2,1-2H3,(H,17,21)(H,19,22)/t13-/m1/s1. The number of carbonyl (C=O) groups is 2. The van der Waals surface area contributed by atoms with Gasteiger partial charge in [0.05, 0.1) is 12.3 Å². The summed E-state index contributed by atoms with van der Waals surface area (Å²) in [6, 6.07) is 7.98. The molecule has 2 aromatic rings. The molecule has 22 heavy (non-hydrogen) atoms. The Morgan fingerprint density at radius 3 is 2.91 bits per heavy atom. The van der Waals surface area contributed by atoms with Crippen LogP contribution in [0.5, 0.6) is 0 Å². The quantitative estimate of drug-likeness (QED) is 0.882. The van der Waals surface area contributed by atoms with Crippen LogP contribution in [0, 0.1) is 5.92 Å². The summed E-state index contributed by atoms with van der Waals surface area (Å²) in [5.74, 6) is -0.622. The number of nitrogens with one attached hydrogen (secondary N) is 2. The van der Waals surface area contributed by atoms with Gasteiger partial charge in [0.1, 0.15) is 0 Å². The monoisotopic (exact) mass is 298 g/mol. The van der Waals surface area contributed by atoms with E-state index >= 15 is 0 Å². The van der Waals surface area contributed by atoms with Gasteiger partial charge in [-0.05, 0) is 18.6 Å². The minimum Gasteiger partial charge on any atom is -0.355 e. The number of benzene rings is 1. The lowest BCUT2D eigenvalue weighted by molar-refractivity contribution is -0.122. The highest BCUT2D eigenvalue weighted by Gasteiger charge is 2.27. The second-order valence-electron chi connectivity index (χ2n) is 5.55. The Balaban J connectivity index is 1.66. The summed E-state index contributed by atoms with van der Waals surface area (Å²) in [5.41, 5.74) is 5.20. The first-order valence-electron chi connectivity index (χ1n) is 7.20. The van der Waals surface area contributed by atoms with Crippen molar-refractivity contribution in [2.24, 2.45) is 18.1 Å². The molecule has 1 aliphatic rings. The molecule has 1 atom stereocenters. The van der Waals surface area contributed by atoms with Crippen LogP contribution in [0.2, 0.25) is 0 Å². The molecule has 114 valence electrons. The molecule has 6 nitrogen and oxygen atoms in total. The third-order valence-corrected chi connectivity index (χ3v) is 4.00. The van der Waals surface area contributed by atoms with Crippen LogP contribution in [-0.2, 0) is 23.1 Å². The van der Waals surface area contributed by atoms with Crippen LogP contribution in [0.1, 0.15) is 12.5 Å². The Bertz CT molecular complexity index is 776. The molecule has 0 saturated heterocycles. The number of rotatable bonds is 4. The number of carbonyl (C=O) groups excluding carboxylic acids is 2. The number of hydrazone groups is 1. The Morgan fingerprint density at radius 2 is 2.18 bits per heavy atom. The van der Waals surface area contributed by atoms with Crippen LogP contribution < -0.4 is 10.7 Å². The van der Waals surface area contributed by atoms with Crippen molar-refractivity contribution in [3.05, 3.63) is 36.0 Å². The molecule has 0 unspecified atom stereocenters. The Labute approximate surface area is 128 Å². The molecule has 2 heterocycles. The van der Waals surface area contributed by atoms with Gasteiger partial charge in [-0.15, -0.1) is 0 Å². The summed E-state index contributed by atoms with van der Waals surface area (Å²) < 4.78 is 2.01. The fraction of sp³-hybridized carbons (Fsp3) is 0.312. The van der Waals surface area contributed by atoms with Crippen molar-refractivity contribution in [2.75, 3.05) is 6.54 Å². The molecule has 1 aromatic carbocycles. The molecule has 0 spiro atoms. The largest absolute Gasteiger partial charge is 0.355 e. The number of aryl methyl sites for hydroxylation is 1. The number of hydrogen-bond acceptors (Lipinski definition) is 3. The van der Waals surface area contributed by atoms with Gasteiger partial charge in [0.15, 0.2) is 0 Å². The molecule has 0 radical (unpaired) electrons. The Hall–Kier alpha value is -2.63. The van der Waals surface area contributed by atoms with Gasteiger partial charge in [-0.3, -0.25) is 9.59 Å². The maximum Gasteiger partial charge on any atom is 0.250 e. The summed E-state index contributed by atoms with van der Waals surface area (Å²) in [5, 5.41) is 7.77. The minimum absolute atomic E-state index is 0.0937. The molecule has 0 fully saturated rings. The molecule has 1 aromatic heterocycles. The molecule has 3 rings (SSSR count). The Kier molecular flexibility index (Phi) is 3.66. The molecule has 6 heteroatoms. The molecular weight excluding hydrogens is 280 g/mol. The predicted molar refractivity (Wildman–Crippen MR) is 84.4 cm³/mol. The maximum absolute atomic E-state index is 12.1. The normalized spacial score (nSPS) is 17.5. The molecule has 2 N–H and O–H groups in total. The van der Waals surface area contributed by atoms with Gasteiger partial charge in [-0.1, -0.05) is 18.2 Å². The van der Waals surface area contributed by atoms with Crippen molar-refractivity contribution in [3.8, 4) is 0 Å². The number of hydrogen-bond donors (Lipinski definition) is 2. The third kappa shape index (κ3) is 2.59. The lowest BCUT2D eigenvalue weighted by Crippen LogP contribution is -2.36. The number of amides is 2. The summed E-state index contributed by atoms with van der Waals surface area (Å²) >= 11 is 0. The van der Waals surface area contributed by atoms with E-state index in [4.69, 9.17) is 0 Å². The molecule has 0 aliphatic carbocycles. The van der Waals surface area contributed by atoms with Gasteiger partial charge in [0.2, 0.25) is 5.91 Å². The van der Waals surface area contributed by atoms with Gasteiger partial charge in [0.25, 0.3) is 5.91 Å². The van der Waals surface area contributed by atoms with E-state index in [1.54, 1.807) is 6.92 Å². The Morgan fingerprint density at radius 1 is 1.41 bits per heavy atom. The molecule has 0 bridgehead atoms. The van der Waals surface area contributed by atoms with Crippen molar-refractivity contribution in [1.29, 1.82) is 0 Å². The molecular formula is C16H18N4O2. The van der Waals surface area contributed by atoms with Gasteiger partial charge >= 0.3 is 0 Å². The minimum atomic E-state index is -0.364. The lowest BCUT2D eigenvalue weighted by Gasteiger charge is -2.09. The highest BCUT2D eigenvalue weighted by Crippen LogP contribution is 2.20. The molecule has 1 aliphatic heterocycles. The van der Waals surface area contributed by atoms with Gasteiger partial charge < -0.3 is 9.88 Å². The van der Waals surface area contributed by atoms with Gasteiger partial charge in [-0.25, -0.2) is 5.43 Å². The summed E-state index contributed by atoms with van der Waals surface area (Å²) in [7, 11) is 1.96. The van der Waals surface area contributed by atoms with Crippen LogP contribution in [0.15, 0.2) is 35.6 Å². The number of para-hydroxylation sites is 1. The van der Waals surface area contributed by atoms with E-state index in [0.29, 0.717) is 12.1 Å². The second kappa shape index (κ2) is 5.63. The van der Waals surface area contributed by atoms with E-state index in [2.05, 4.69) is 15.8 Å². The van der Waals surface area contributed by atoms with Crippen LogP contribution in [0.25, 0.3) is 10.9 Å². The van der Waals surface area contributed by atoms with Crippen molar-refractivity contribution in [1.82, 2.24) is 15.3 Å². The van der Waals surface area contributed by atoms with E-state index in [9.17, 15) is 9.59 Å². The molecule has 0 saturated carbocycles. The highest BCUT2D eigenvalue weighted by molar-refractivity contribution is 6.07. The number of nitrogens with zero attached hydrogens (tertiary/aromatic N) is 2. The second-order valence-corrected chi connectivity index (χ2v) is 5.55. The average molecular weight is 298 g/mol. The van der Waals surface area contributed by atoms with Gasteiger partial charge in [0, 0.05) is 36.4 Å². The first-order chi connectivity index (χ1) is 10.6. The fourth-order valence-electron chi connectivity index (χ4n) is 2.75. The van der Waals surface area contributed by atoms with E-state index in [1.807, 2.05) is 42.1 Å². The third-order valence-electron chi connectivity index (χ3n) is 4.00. The van der Waals surface area contributed by atoms with Crippen LogP contribution >= 0.6 is 0 Å². The summed E-state index contributed by atoms with van der Waals surface area (Å²) in [6.45, 7) is 2.06. The topological polar surface area (TPSA) is 75.5 Å². The average Bonchev–Trinajstić information content (AvgIpc) is 2.99. The van der Waals surface area contributed by atoms with E-state index in [1.165, 1.54) is 0 Å². The zero-order valence-corrected chi connectivity index (χ0v) is 12.6. The SMILES string of the molecule is CC1=NNC(=O)[C@@H]1CNC(=O)Cc1cn(C)c2ccccc12. The van der Waals surface area contributed by atoms with E-state index < -0.39 is 0 Å². The van der Waals surface area contributed by atoms with Crippen molar-refractivity contribution in [3.63, 3.8) is 0 Å². The number of aromatic nitrogens is 1. The smallest absolute Gasteiger partial charge is 0.250 e. The maximum atomic E-state index is 12.1. The van der Waals surface area contributed by atoms with Crippen LogP contribution in [0.3, 0.4) is 0 Å². The van der Waals surface area contributed by atoms with E-state index in [0.717, 1.165) is 16.5 Å². The summed E-state index contributed by atoms with van der Waals surface area (Å²) in [4.78, 5) is 23.7. The first-order valence-corrected chi connectivity index (χ1v) is 7.20. The van der Waals surface area contributed by atoms with E-state index in [-0.39, 0.29) is 24.3 Å².